The van der Waals surface area contributed by atoms with Gasteiger partial charge >= 0.3 is 0 Å². The van der Waals surface area contributed by atoms with Gasteiger partial charge in [-0.15, -0.1) is 0 Å². The van der Waals surface area contributed by atoms with Gasteiger partial charge in [0.15, 0.2) is 0 Å². The maximum absolute atomic E-state index is 6.98. The minimum absolute atomic E-state index is 0.102. The summed E-state index contributed by atoms with van der Waals surface area (Å²) in [6, 6.07) is 0. The molecule has 3 heteroatoms. The summed E-state index contributed by atoms with van der Waals surface area (Å²) in [5.41, 5.74) is 7.27. The first-order valence-corrected chi connectivity index (χ1v) is 10.3. The predicted octanol–water partition coefficient (Wildman–Crippen LogP) is 4.37. The summed E-state index contributed by atoms with van der Waals surface area (Å²) in [4.78, 5) is 0. The second-order valence-electron chi connectivity index (χ2n) is 7.77. The van der Waals surface area contributed by atoms with Gasteiger partial charge < -0.3 is 10.5 Å². The van der Waals surface area contributed by atoms with Crippen molar-refractivity contribution in [3.8, 4) is 0 Å². The van der Waals surface area contributed by atoms with E-state index in [9.17, 15) is 0 Å². The van der Waals surface area contributed by atoms with E-state index in [1.165, 1.54) is 75.7 Å². The minimum Gasteiger partial charge on any atom is -0.375 e. The maximum atomic E-state index is 6.98. The van der Waals surface area contributed by atoms with Crippen LogP contribution in [0.4, 0.5) is 0 Å². The lowest BCUT2D eigenvalue weighted by atomic mass is 9.69. The molecule has 1 saturated carbocycles. The van der Waals surface area contributed by atoms with Crippen molar-refractivity contribution >= 4 is 11.8 Å². The molecule has 2 N–H and O–H groups in total. The van der Waals surface area contributed by atoms with E-state index in [1.54, 1.807) is 0 Å². The molecule has 3 fully saturated rings. The lowest BCUT2D eigenvalue weighted by molar-refractivity contribution is -0.115. The normalized spacial score (nSPS) is 40.9. The number of hydrogen-bond donors (Lipinski definition) is 1. The zero-order valence-corrected chi connectivity index (χ0v) is 14.6. The van der Waals surface area contributed by atoms with Crippen molar-refractivity contribution in [3.63, 3.8) is 0 Å². The third-order valence-electron chi connectivity index (χ3n) is 6.56. The van der Waals surface area contributed by atoms with Crippen LogP contribution in [-0.4, -0.2) is 29.3 Å². The number of ether oxygens (including phenoxy) is 1. The number of hydrogen-bond acceptors (Lipinski definition) is 3. The highest BCUT2D eigenvalue weighted by Gasteiger charge is 2.45. The molecule has 0 amide bonds. The fourth-order valence-corrected chi connectivity index (χ4v) is 6.13. The van der Waals surface area contributed by atoms with Crippen molar-refractivity contribution < 1.29 is 4.74 Å². The molecular formula is C18H33NOS. The lowest BCUT2D eigenvalue weighted by Crippen LogP contribution is -2.54. The first kappa shape index (κ1) is 16.1. The summed E-state index contributed by atoms with van der Waals surface area (Å²) in [5, 5.41) is 0. The van der Waals surface area contributed by atoms with Crippen LogP contribution in [-0.2, 0) is 4.74 Å². The monoisotopic (exact) mass is 311 g/mol. The average Bonchev–Trinajstić information content (AvgIpc) is 2.71. The van der Waals surface area contributed by atoms with E-state index in [1.807, 2.05) is 0 Å². The Morgan fingerprint density at radius 2 is 1.90 bits per heavy atom. The van der Waals surface area contributed by atoms with Gasteiger partial charge in [0.05, 0.1) is 5.60 Å². The molecule has 0 radical (unpaired) electrons. The van der Waals surface area contributed by atoms with Crippen molar-refractivity contribution in [2.75, 3.05) is 18.1 Å². The Morgan fingerprint density at radius 3 is 2.67 bits per heavy atom. The summed E-state index contributed by atoms with van der Waals surface area (Å²) in [6.07, 6.45) is 12.9. The highest BCUT2D eigenvalue weighted by atomic mass is 32.2. The summed E-state index contributed by atoms with van der Waals surface area (Å²) in [5.74, 6) is 4.19. The zero-order chi connectivity index (χ0) is 14.8. The maximum Gasteiger partial charge on any atom is 0.0701 e. The van der Waals surface area contributed by atoms with Gasteiger partial charge in [0, 0.05) is 12.1 Å². The summed E-state index contributed by atoms with van der Waals surface area (Å²) in [7, 11) is 0. The van der Waals surface area contributed by atoms with Gasteiger partial charge in [0.1, 0.15) is 0 Å². The highest BCUT2D eigenvalue weighted by Crippen LogP contribution is 2.46. The molecule has 21 heavy (non-hydrogen) atoms. The standard InChI is InChI=1S/C18H33NOS/c1-2-15-4-3-7-18(19,8-5-15)16-6-11-20-17(14-16)9-12-21-13-10-17/h15-16H,2-14,19H2,1H3. The molecule has 2 heterocycles. The predicted molar refractivity (Wildman–Crippen MR) is 91.8 cm³/mol. The smallest absolute Gasteiger partial charge is 0.0701 e. The van der Waals surface area contributed by atoms with Gasteiger partial charge in [-0.25, -0.2) is 0 Å². The SMILES string of the molecule is CCC1CCCC(N)(C2CCOC3(CCSCC3)C2)CC1. The molecule has 1 spiro atoms. The van der Waals surface area contributed by atoms with Crippen molar-refractivity contribution in [1.29, 1.82) is 0 Å². The van der Waals surface area contributed by atoms with Gasteiger partial charge in [-0.1, -0.05) is 26.2 Å². The van der Waals surface area contributed by atoms with Crippen LogP contribution in [0.25, 0.3) is 0 Å². The fourth-order valence-electron chi connectivity index (χ4n) is 4.89. The Morgan fingerprint density at radius 1 is 1.10 bits per heavy atom. The van der Waals surface area contributed by atoms with Gasteiger partial charge in [-0.2, -0.15) is 11.8 Å². The molecule has 3 unspecified atom stereocenters. The lowest BCUT2D eigenvalue weighted by Gasteiger charge is -2.48. The molecule has 0 aromatic rings. The third kappa shape index (κ3) is 3.61. The van der Waals surface area contributed by atoms with Crippen LogP contribution in [0.15, 0.2) is 0 Å². The Kier molecular flexibility index (Phi) is 5.23. The van der Waals surface area contributed by atoms with Crippen LogP contribution in [0.1, 0.15) is 71.1 Å². The Labute approximate surface area is 135 Å². The number of rotatable bonds is 2. The molecule has 2 aliphatic heterocycles. The second-order valence-corrected chi connectivity index (χ2v) is 9.00. The number of nitrogens with two attached hydrogens (primary N) is 1. The molecule has 0 bridgehead atoms. The van der Waals surface area contributed by atoms with Gasteiger partial charge in [-0.05, 0) is 68.3 Å². The Balaban J connectivity index is 1.67. The zero-order valence-electron chi connectivity index (χ0n) is 13.7. The summed E-state index contributed by atoms with van der Waals surface area (Å²) >= 11 is 2.09. The quantitative estimate of drug-likeness (QED) is 0.769. The largest absolute Gasteiger partial charge is 0.375 e. The van der Waals surface area contributed by atoms with Crippen molar-refractivity contribution in [1.82, 2.24) is 0 Å². The van der Waals surface area contributed by atoms with Crippen LogP contribution in [0.5, 0.6) is 0 Å². The van der Waals surface area contributed by atoms with E-state index in [0.29, 0.717) is 5.92 Å². The Hall–Kier alpha value is 0.270. The Bertz CT molecular complexity index is 337. The highest BCUT2D eigenvalue weighted by molar-refractivity contribution is 7.99. The topological polar surface area (TPSA) is 35.2 Å². The van der Waals surface area contributed by atoms with E-state index in [0.717, 1.165) is 12.5 Å². The molecule has 3 aliphatic rings. The summed E-state index contributed by atoms with van der Waals surface area (Å²) in [6.45, 7) is 3.29. The van der Waals surface area contributed by atoms with E-state index >= 15 is 0 Å². The molecule has 2 nitrogen and oxygen atoms in total. The van der Waals surface area contributed by atoms with Gasteiger partial charge in [0.2, 0.25) is 0 Å². The van der Waals surface area contributed by atoms with Crippen molar-refractivity contribution in [3.05, 3.63) is 0 Å². The van der Waals surface area contributed by atoms with E-state index in [4.69, 9.17) is 10.5 Å². The van der Waals surface area contributed by atoms with Gasteiger partial charge in [-0.3, -0.25) is 0 Å². The first-order chi connectivity index (χ1) is 10.2. The summed E-state index contributed by atoms with van der Waals surface area (Å²) < 4.78 is 6.28. The molecular weight excluding hydrogens is 278 g/mol. The molecule has 0 aromatic heterocycles. The molecule has 122 valence electrons. The van der Waals surface area contributed by atoms with Gasteiger partial charge in [0.25, 0.3) is 0 Å². The van der Waals surface area contributed by atoms with Crippen LogP contribution in [0.3, 0.4) is 0 Å². The van der Waals surface area contributed by atoms with Crippen LogP contribution in [0.2, 0.25) is 0 Å². The van der Waals surface area contributed by atoms with E-state index < -0.39 is 0 Å². The first-order valence-electron chi connectivity index (χ1n) is 9.16. The molecule has 1 aliphatic carbocycles. The van der Waals surface area contributed by atoms with Crippen LogP contribution in [0, 0.1) is 11.8 Å². The van der Waals surface area contributed by atoms with Crippen LogP contribution >= 0.6 is 11.8 Å². The molecule has 3 atom stereocenters. The molecule has 3 rings (SSSR count). The number of thioether (sulfide) groups is 1. The third-order valence-corrected chi connectivity index (χ3v) is 7.55. The van der Waals surface area contributed by atoms with Crippen molar-refractivity contribution in [2.24, 2.45) is 17.6 Å². The van der Waals surface area contributed by atoms with Crippen LogP contribution < -0.4 is 5.73 Å². The average molecular weight is 312 g/mol. The van der Waals surface area contributed by atoms with E-state index in [2.05, 4.69) is 18.7 Å². The van der Waals surface area contributed by atoms with E-state index in [-0.39, 0.29) is 11.1 Å². The van der Waals surface area contributed by atoms with Crippen molar-refractivity contribution in [2.45, 2.75) is 82.3 Å². The fraction of sp³-hybridized carbons (Fsp3) is 1.00. The second kappa shape index (κ2) is 6.80. The molecule has 0 aromatic carbocycles. The molecule has 2 saturated heterocycles. The minimum atomic E-state index is 0.102.